The van der Waals surface area contributed by atoms with Crippen molar-refractivity contribution in [2.24, 2.45) is 0 Å². The number of rotatable bonds is 20. The van der Waals surface area contributed by atoms with Gasteiger partial charge in [0.1, 0.15) is 0 Å². The second-order valence-electron chi connectivity index (χ2n) is 9.08. The van der Waals surface area contributed by atoms with Gasteiger partial charge in [0.25, 0.3) is 0 Å². The van der Waals surface area contributed by atoms with Crippen LogP contribution in [-0.2, 0) is 25.1 Å². The Labute approximate surface area is 214 Å². The number of hydrogen-bond donors (Lipinski definition) is 0. The fourth-order valence-electron chi connectivity index (χ4n) is 4.47. The van der Waals surface area contributed by atoms with E-state index in [0.29, 0.717) is 26.4 Å². The summed E-state index contributed by atoms with van der Waals surface area (Å²) in [6, 6.07) is 10.2. The van der Waals surface area contributed by atoms with Crippen molar-refractivity contribution in [1.82, 2.24) is 5.06 Å². The van der Waals surface area contributed by atoms with Crippen molar-refractivity contribution >= 4 is 26.0 Å². The quantitative estimate of drug-likeness (QED) is 0.0850. The van der Waals surface area contributed by atoms with Gasteiger partial charge in [-0.15, -0.1) is 0 Å². The topological polar surface area (TPSA) is 48.0 Å². The number of unbranched alkanes of at least 4 members (excludes halogenated alkanes) is 3. The Hall–Kier alpha value is -0.171. The van der Waals surface area contributed by atoms with E-state index in [1.54, 1.807) is 0 Å². The van der Waals surface area contributed by atoms with Gasteiger partial charge in [0.05, 0.1) is 0 Å². The summed E-state index contributed by atoms with van der Waals surface area (Å²) in [6.45, 7) is 12.5. The molecule has 0 aliphatic carbocycles. The molecule has 0 aliphatic heterocycles. The van der Waals surface area contributed by atoms with Crippen LogP contribution in [0.4, 0.5) is 0 Å². The molecular formula is C27H50NO4PSn. The first-order valence-corrected chi connectivity index (χ1v) is 22.4. The van der Waals surface area contributed by atoms with Gasteiger partial charge in [-0.3, -0.25) is 0 Å². The summed E-state index contributed by atoms with van der Waals surface area (Å²) in [7, 11) is -1.38. The van der Waals surface area contributed by atoms with Crippen molar-refractivity contribution < 1.29 is 18.5 Å². The van der Waals surface area contributed by atoms with Gasteiger partial charge in [-0.05, 0) is 0 Å². The van der Waals surface area contributed by atoms with E-state index in [2.05, 4.69) is 39.0 Å². The van der Waals surface area contributed by atoms with Gasteiger partial charge in [-0.1, -0.05) is 0 Å². The predicted molar refractivity (Wildman–Crippen MR) is 148 cm³/mol. The fourth-order valence-corrected chi connectivity index (χ4v) is 29.4. The third-order valence-electron chi connectivity index (χ3n) is 6.30. The van der Waals surface area contributed by atoms with Crippen LogP contribution in [0.3, 0.4) is 0 Å². The summed E-state index contributed by atoms with van der Waals surface area (Å²) in [5.41, 5.74) is 1.13. The molecule has 0 amide bonds. The molecule has 0 unspecified atom stereocenters. The van der Waals surface area contributed by atoms with Gasteiger partial charge in [0.2, 0.25) is 0 Å². The van der Waals surface area contributed by atoms with Gasteiger partial charge >= 0.3 is 215 Å². The number of benzene rings is 1. The Morgan fingerprint density at radius 2 is 1.38 bits per heavy atom. The van der Waals surface area contributed by atoms with E-state index in [1.807, 2.05) is 44.2 Å². The maximum absolute atomic E-state index is 14.3. The van der Waals surface area contributed by atoms with Crippen LogP contribution >= 0.6 is 7.60 Å². The van der Waals surface area contributed by atoms with Gasteiger partial charge in [-0.2, -0.15) is 0 Å². The zero-order chi connectivity index (χ0) is 25.3. The van der Waals surface area contributed by atoms with E-state index in [-0.39, 0.29) is 0 Å². The summed E-state index contributed by atoms with van der Waals surface area (Å²) >= 11 is -3.06. The molecule has 196 valence electrons. The standard InChI is InChI=1S/C15H23NO4P.3C4H9.Sn/c1-4-19-21(17,20-5-2)13-9-12-16(3)18-14-15-10-7-6-8-11-15;3*1-3-4-2;/h6-11H,4-5,12,14H2,1-3H3;3*1,3-4H2,2H3;. The minimum absolute atomic E-state index is 0.395. The van der Waals surface area contributed by atoms with E-state index < -0.39 is 26.0 Å². The average molecular weight is 602 g/mol. The Bertz CT molecular complexity index is 697. The molecule has 0 atom stereocenters. The average Bonchev–Trinajstić information content (AvgIpc) is 2.84. The first-order valence-electron chi connectivity index (χ1n) is 13.4. The molecule has 7 heteroatoms. The Kier molecular flexibility index (Phi) is 17.0. The molecule has 1 aromatic carbocycles. The molecule has 0 aromatic heterocycles. The monoisotopic (exact) mass is 603 g/mol. The molecule has 0 fully saturated rings. The third-order valence-corrected chi connectivity index (χ3v) is 28.7. The number of hydroxylamine groups is 2. The molecule has 0 spiro atoms. The second-order valence-corrected chi connectivity index (χ2v) is 25.4. The van der Waals surface area contributed by atoms with Gasteiger partial charge < -0.3 is 0 Å². The Balaban J connectivity index is 3.35. The molecular weight excluding hydrogens is 552 g/mol. The molecule has 0 saturated carbocycles. The van der Waals surface area contributed by atoms with Crippen molar-refractivity contribution in [2.45, 2.75) is 93.1 Å². The summed E-state index contributed by atoms with van der Waals surface area (Å²) in [5, 5.41) is 1.85. The van der Waals surface area contributed by atoms with E-state index in [9.17, 15) is 4.57 Å². The van der Waals surface area contributed by atoms with Gasteiger partial charge in [-0.25, -0.2) is 0 Å². The molecule has 0 heterocycles. The van der Waals surface area contributed by atoms with Crippen LogP contribution in [0, 0.1) is 0 Å². The van der Waals surface area contributed by atoms with E-state index in [4.69, 9.17) is 13.9 Å². The summed E-state index contributed by atoms with van der Waals surface area (Å²) in [5.74, 6) is 0. The maximum atomic E-state index is 14.3. The van der Waals surface area contributed by atoms with Crippen LogP contribution in [0.2, 0.25) is 13.3 Å². The molecule has 0 radical (unpaired) electrons. The normalized spacial score (nSPS) is 13.1. The Morgan fingerprint density at radius 1 is 0.882 bits per heavy atom. The molecule has 34 heavy (non-hydrogen) atoms. The zero-order valence-electron chi connectivity index (χ0n) is 22.7. The molecule has 0 N–H and O–H groups in total. The van der Waals surface area contributed by atoms with Crippen LogP contribution in [0.25, 0.3) is 0 Å². The van der Waals surface area contributed by atoms with Crippen LogP contribution in [0.15, 0.2) is 39.7 Å². The van der Waals surface area contributed by atoms with Crippen molar-refractivity contribution in [3.8, 4) is 0 Å². The van der Waals surface area contributed by atoms with Crippen LogP contribution in [0.5, 0.6) is 0 Å². The van der Waals surface area contributed by atoms with Crippen molar-refractivity contribution in [2.75, 3.05) is 26.8 Å². The molecule has 1 aromatic rings. The Morgan fingerprint density at radius 3 is 1.82 bits per heavy atom. The summed E-state index contributed by atoms with van der Waals surface area (Å²) in [6.07, 6.45) is 9.26. The van der Waals surface area contributed by atoms with Gasteiger partial charge in [0, 0.05) is 0 Å². The first kappa shape index (κ1) is 31.9. The number of hydrogen-bond acceptors (Lipinski definition) is 5. The minimum atomic E-state index is -3.33. The first-order chi connectivity index (χ1) is 16.4. The SMILES string of the molecule is CCC[CH2][Sn]([CH2]CCC)([CH2]CCC)/[C](=C/CN(C)OCc1ccccc1)P(=O)(OCC)OCC. The molecule has 5 nitrogen and oxygen atoms in total. The molecule has 0 aliphatic rings. The number of likely N-dealkylation sites (N-methyl/N-ethyl adjacent to an activating group) is 1. The molecule has 1 rings (SSSR count). The van der Waals surface area contributed by atoms with E-state index in [0.717, 1.165) is 28.2 Å². The third kappa shape index (κ3) is 10.8. The van der Waals surface area contributed by atoms with Crippen LogP contribution < -0.4 is 0 Å². The van der Waals surface area contributed by atoms with Crippen molar-refractivity contribution in [1.29, 1.82) is 0 Å². The number of nitrogens with zero attached hydrogens (tertiary/aromatic N) is 1. The molecule has 0 bridgehead atoms. The van der Waals surface area contributed by atoms with E-state index >= 15 is 0 Å². The molecule has 0 saturated heterocycles. The van der Waals surface area contributed by atoms with E-state index in [1.165, 1.54) is 32.6 Å². The van der Waals surface area contributed by atoms with Crippen molar-refractivity contribution in [3.63, 3.8) is 0 Å². The summed E-state index contributed by atoms with van der Waals surface area (Å²) in [4.78, 5) is 6.01. The fraction of sp³-hybridized carbons (Fsp3) is 0.704. The summed E-state index contributed by atoms with van der Waals surface area (Å²) < 4.78 is 31.1. The predicted octanol–water partition coefficient (Wildman–Crippen LogP) is 8.59. The van der Waals surface area contributed by atoms with Crippen LogP contribution in [-0.4, -0.2) is 50.2 Å². The van der Waals surface area contributed by atoms with Crippen LogP contribution in [0.1, 0.15) is 78.7 Å². The van der Waals surface area contributed by atoms with Crippen molar-refractivity contribution in [3.05, 3.63) is 45.3 Å². The zero-order valence-corrected chi connectivity index (χ0v) is 26.4. The van der Waals surface area contributed by atoms with Gasteiger partial charge in [0.15, 0.2) is 0 Å². The second kappa shape index (κ2) is 18.1.